The Labute approximate surface area is 195 Å². The van der Waals surface area contributed by atoms with E-state index >= 15 is 0 Å². The van der Waals surface area contributed by atoms with Gasteiger partial charge in [0.2, 0.25) is 0 Å². The van der Waals surface area contributed by atoms with E-state index in [1.807, 2.05) is 36.4 Å². The number of rotatable bonds is 6. The summed E-state index contributed by atoms with van der Waals surface area (Å²) in [4.78, 5) is 14.2. The maximum atomic E-state index is 12.4. The minimum atomic E-state index is -0.00274. The van der Waals surface area contributed by atoms with Crippen LogP contribution in [-0.4, -0.2) is 50.3 Å². The number of hydrogen-bond donors (Lipinski definition) is 0. The standard InChI is InChI=1S/C26H32ClNO4/c1-18(2)24-15-21(19-5-3-7-22(27)13-19)16-32-26(24)20-6-4-8-23(14-20)31-17-25(29)28-9-11-30-12-10-28/h3-8,13-14,18,21,24,26H,9-12,15-17H2,1-2H3/t21-,24-,26-/m0/s1. The molecule has 1 amide bonds. The molecular formula is C26H32ClNO4. The first-order chi connectivity index (χ1) is 15.5. The predicted octanol–water partition coefficient (Wildman–Crippen LogP) is 5.10. The second-order valence-corrected chi connectivity index (χ2v) is 9.44. The van der Waals surface area contributed by atoms with Gasteiger partial charge < -0.3 is 19.1 Å². The first kappa shape index (κ1) is 23.1. The molecule has 2 fully saturated rings. The zero-order valence-electron chi connectivity index (χ0n) is 18.8. The van der Waals surface area contributed by atoms with Gasteiger partial charge >= 0.3 is 0 Å². The van der Waals surface area contributed by atoms with Gasteiger partial charge in [-0.3, -0.25) is 4.79 Å². The molecule has 3 atom stereocenters. The molecule has 0 unspecified atom stereocenters. The summed E-state index contributed by atoms with van der Waals surface area (Å²) >= 11 is 6.22. The number of ether oxygens (including phenoxy) is 3. The molecule has 0 N–H and O–H groups in total. The van der Waals surface area contributed by atoms with Crippen molar-refractivity contribution in [1.29, 1.82) is 0 Å². The summed E-state index contributed by atoms with van der Waals surface area (Å²) in [5.41, 5.74) is 2.34. The number of benzene rings is 2. The third kappa shape index (κ3) is 5.64. The summed E-state index contributed by atoms with van der Waals surface area (Å²) in [5.74, 6) is 1.87. The van der Waals surface area contributed by atoms with Gasteiger partial charge in [0.1, 0.15) is 5.75 Å². The van der Waals surface area contributed by atoms with Crippen LogP contribution in [-0.2, 0) is 14.3 Å². The normalized spacial score (nSPS) is 23.9. The number of amides is 1. The molecule has 0 spiro atoms. The Balaban J connectivity index is 1.42. The smallest absolute Gasteiger partial charge is 0.260 e. The lowest BCUT2D eigenvalue weighted by molar-refractivity contribution is -0.137. The minimum Gasteiger partial charge on any atom is -0.484 e. The van der Waals surface area contributed by atoms with Gasteiger partial charge in [-0.05, 0) is 53.6 Å². The topological polar surface area (TPSA) is 48.0 Å². The molecule has 6 heteroatoms. The molecule has 0 saturated carbocycles. The molecule has 2 aliphatic rings. The zero-order chi connectivity index (χ0) is 22.5. The first-order valence-corrected chi connectivity index (χ1v) is 11.8. The molecule has 2 aliphatic heterocycles. The lowest BCUT2D eigenvalue weighted by Gasteiger charge is -2.39. The highest BCUT2D eigenvalue weighted by atomic mass is 35.5. The van der Waals surface area contributed by atoms with Crippen LogP contribution in [0.4, 0.5) is 0 Å². The largest absolute Gasteiger partial charge is 0.484 e. The monoisotopic (exact) mass is 457 g/mol. The van der Waals surface area contributed by atoms with Crippen molar-refractivity contribution in [2.45, 2.75) is 32.3 Å². The van der Waals surface area contributed by atoms with Gasteiger partial charge in [0.25, 0.3) is 5.91 Å². The Hall–Kier alpha value is -2.08. The van der Waals surface area contributed by atoms with Crippen LogP contribution in [0.5, 0.6) is 5.75 Å². The van der Waals surface area contributed by atoms with E-state index in [4.69, 9.17) is 25.8 Å². The highest BCUT2D eigenvalue weighted by molar-refractivity contribution is 6.30. The van der Waals surface area contributed by atoms with E-state index in [-0.39, 0.29) is 18.6 Å². The van der Waals surface area contributed by atoms with Gasteiger partial charge in [0.05, 0.1) is 25.9 Å². The molecule has 0 aromatic heterocycles. The third-order valence-corrected chi connectivity index (χ3v) is 6.75. The first-order valence-electron chi connectivity index (χ1n) is 11.5. The van der Waals surface area contributed by atoms with Crippen molar-refractivity contribution in [3.8, 4) is 5.75 Å². The Morgan fingerprint density at radius 1 is 1.12 bits per heavy atom. The van der Waals surface area contributed by atoms with E-state index in [1.165, 1.54) is 5.56 Å². The molecule has 0 radical (unpaired) electrons. The molecule has 0 bridgehead atoms. The molecule has 2 saturated heterocycles. The fourth-order valence-corrected chi connectivity index (χ4v) is 4.85. The lowest BCUT2D eigenvalue weighted by atomic mass is 9.76. The molecule has 4 rings (SSSR count). The molecule has 32 heavy (non-hydrogen) atoms. The maximum absolute atomic E-state index is 12.4. The van der Waals surface area contributed by atoms with E-state index in [0.717, 1.165) is 17.0 Å². The maximum Gasteiger partial charge on any atom is 0.260 e. The van der Waals surface area contributed by atoms with Crippen molar-refractivity contribution < 1.29 is 19.0 Å². The van der Waals surface area contributed by atoms with Crippen molar-refractivity contribution in [3.05, 3.63) is 64.7 Å². The van der Waals surface area contributed by atoms with Gasteiger partial charge in [0.15, 0.2) is 6.61 Å². The zero-order valence-corrected chi connectivity index (χ0v) is 19.6. The lowest BCUT2D eigenvalue weighted by Crippen LogP contribution is -2.42. The number of carbonyl (C=O) groups is 1. The Bertz CT molecular complexity index is 912. The van der Waals surface area contributed by atoms with Crippen molar-refractivity contribution in [2.24, 2.45) is 11.8 Å². The highest BCUT2D eigenvalue weighted by Crippen LogP contribution is 2.44. The Morgan fingerprint density at radius 3 is 2.62 bits per heavy atom. The van der Waals surface area contributed by atoms with Gasteiger partial charge in [-0.25, -0.2) is 0 Å². The van der Waals surface area contributed by atoms with Crippen molar-refractivity contribution >= 4 is 17.5 Å². The number of hydrogen-bond acceptors (Lipinski definition) is 4. The van der Waals surface area contributed by atoms with E-state index in [1.54, 1.807) is 4.90 Å². The molecule has 172 valence electrons. The van der Waals surface area contributed by atoms with Gasteiger partial charge in [0, 0.05) is 24.0 Å². The number of carbonyl (C=O) groups excluding carboxylic acids is 1. The van der Waals surface area contributed by atoms with Gasteiger partial charge in [-0.1, -0.05) is 49.7 Å². The summed E-state index contributed by atoms with van der Waals surface area (Å²) in [6.45, 7) is 7.64. The van der Waals surface area contributed by atoms with Gasteiger partial charge in [-0.15, -0.1) is 0 Å². The van der Waals surface area contributed by atoms with E-state index in [9.17, 15) is 4.79 Å². The summed E-state index contributed by atoms with van der Waals surface area (Å²) in [7, 11) is 0. The van der Waals surface area contributed by atoms with Crippen LogP contribution in [0, 0.1) is 11.8 Å². The number of morpholine rings is 1. The third-order valence-electron chi connectivity index (χ3n) is 6.51. The van der Waals surface area contributed by atoms with Crippen LogP contribution in [0.1, 0.15) is 43.4 Å². The summed E-state index contributed by atoms with van der Waals surface area (Å²) in [6, 6.07) is 16.1. The summed E-state index contributed by atoms with van der Waals surface area (Å²) in [6.07, 6.45) is 1.05. The van der Waals surface area contributed by atoms with E-state index in [2.05, 4.69) is 26.0 Å². The van der Waals surface area contributed by atoms with Crippen molar-refractivity contribution in [2.75, 3.05) is 39.5 Å². The quantitative estimate of drug-likeness (QED) is 0.605. The average Bonchev–Trinajstić information content (AvgIpc) is 2.83. The highest BCUT2D eigenvalue weighted by Gasteiger charge is 2.35. The summed E-state index contributed by atoms with van der Waals surface area (Å²) in [5, 5.41) is 0.766. The summed E-state index contributed by atoms with van der Waals surface area (Å²) < 4.78 is 17.6. The fraction of sp³-hybridized carbons (Fsp3) is 0.500. The average molecular weight is 458 g/mol. The molecule has 2 heterocycles. The number of nitrogens with zero attached hydrogens (tertiary/aromatic N) is 1. The molecule has 2 aromatic rings. The van der Waals surface area contributed by atoms with Crippen LogP contribution in [0.15, 0.2) is 48.5 Å². The Morgan fingerprint density at radius 2 is 1.88 bits per heavy atom. The van der Waals surface area contributed by atoms with Crippen LogP contribution < -0.4 is 4.74 Å². The minimum absolute atomic E-state index is 0.00274. The van der Waals surface area contributed by atoms with E-state index < -0.39 is 0 Å². The second-order valence-electron chi connectivity index (χ2n) is 9.00. The Kier molecular flexibility index (Phi) is 7.71. The predicted molar refractivity (Wildman–Crippen MR) is 125 cm³/mol. The van der Waals surface area contributed by atoms with Crippen LogP contribution >= 0.6 is 11.6 Å². The van der Waals surface area contributed by atoms with Crippen LogP contribution in [0.25, 0.3) is 0 Å². The number of halogens is 1. The SMILES string of the molecule is CC(C)[C@@H]1C[C@H](c2cccc(Cl)c2)CO[C@H]1c1cccc(OCC(=O)N2CCOCC2)c1. The second kappa shape index (κ2) is 10.7. The molecule has 5 nitrogen and oxygen atoms in total. The van der Waals surface area contributed by atoms with Gasteiger partial charge in [-0.2, -0.15) is 0 Å². The van der Waals surface area contributed by atoms with E-state index in [0.29, 0.717) is 56.4 Å². The molecule has 2 aromatic carbocycles. The van der Waals surface area contributed by atoms with Crippen LogP contribution in [0.3, 0.4) is 0 Å². The van der Waals surface area contributed by atoms with Crippen molar-refractivity contribution in [3.63, 3.8) is 0 Å². The fourth-order valence-electron chi connectivity index (χ4n) is 4.65. The molecular weight excluding hydrogens is 426 g/mol. The van der Waals surface area contributed by atoms with Crippen molar-refractivity contribution in [1.82, 2.24) is 4.90 Å². The van der Waals surface area contributed by atoms with Crippen LogP contribution in [0.2, 0.25) is 5.02 Å². The molecule has 0 aliphatic carbocycles.